The number of hydrogen-bond acceptors (Lipinski definition) is 1. The van der Waals surface area contributed by atoms with Crippen LogP contribution in [0.3, 0.4) is 0 Å². The standard InChI is InChI=1S/C16H21ClO/c1-12-7-8-16(18-2)14(9-12)10-13-5-3-4-6-15(17)11-13/h7-9,11,15H,3-6,10H2,1-2H3. The van der Waals surface area contributed by atoms with Gasteiger partial charge < -0.3 is 4.74 Å². The molecule has 1 aromatic rings. The molecule has 0 fully saturated rings. The molecule has 0 aromatic heterocycles. The molecule has 1 nitrogen and oxygen atoms in total. The molecule has 98 valence electrons. The van der Waals surface area contributed by atoms with E-state index in [-0.39, 0.29) is 5.38 Å². The van der Waals surface area contributed by atoms with E-state index in [1.165, 1.54) is 36.0 Å². The third-order valence-corrected chi connectivity index (χ3v) is 3.84. The fourth-order valence-corrected chi connectivity index (χ4v) is 2.88. The Bertz CT molecular complexity index is 437. The minimum atomic E-state index is 0.207. The number of aryl methyl sites for hydroxylation is 1. The molecule has 1 aliphatic rings. The average molecular weight is 265 g/mol. The Labute approximate surface area is 115 Å². The van der Waals surface area contributed by atoms with Crippen molar-refractivity contribution in [2.75, 3.05) is 7.11 Å². The molecular weight excluding hydrogens is 244 g/mol. The topological polar surface area (TPSA) is 9.23 Å². The Balaban J connectivity index is 2.19. The molecule has 0 heterocycles. The molecule has 18 heavy (non-hydrogen) atoms. The molecular formula is C16H21ClO. The van der Waals surface area contributed by atoms with Crippen LogP contribution >= 0.6 is 11.6 Å². The number of rotatable bonds is 3. The predicted molar refractivity (Wildman–Crippen MR) is 77.6 cm³/mol. The van der Waals surface area contributed by atoms with Crippen molar-refractivity contribution in [2.24, 2.45) is 0 Å². The van der Waals surface area contributed by atoms with Gasteiger partial charge in [-0.05, 0) is 44.2 Å². The van der Waals surface area contributed by atoms with Crippen LogP contribution in [0.2, 0.25) is 0 Å². The van der Waals surface area contributed by atoms with Crippen LogP contribution in [0.5, 0.6) is 5.75 Å². The van der Waals surface area contributed by atoms with Crippen LogP contribution < -0.4 is 4.74 Å². The van der Waals surface area contributed by atoms with Crippen LogP contribution in [-0.4, -0.2) is 12.5 Å². The molecule has 0 bridgehead atoms. The van der Waals surface area contributed by atoms with Gasteiger partial charge in [0.15, 0.2) is 0 Å². The maximum Gasteiger partial charge on any atom is 0.122 e. The third-order valence-electron chi connectivity index (χ3n) is 3.50. The first-order valence-corrected chi connectivity index (χ1v) is 7.10. The molecule has 1 unspecified atom stereocenters. The Hall–Kier alpha value is -0.950. The lowest BCUT2D eigenvalue weighted by Gasteiger charge is -2.11. The Morgan fingerprint density at radius 1 is 1.33 bits per heavy atom. The molecule has 0 N–H and O–H groups in total. The number of methoxy groups -OCH3 is 1. The second kappa shape index (κ2) is 6.29. The summed E-state index contributed by atoms with van der Waals surface area (Å²) in [6.45, 7) is 2.12. The summed E-state index contributed by atoms with van der Waals surface area (Å²) in [6.07, 6.45) is 7.98. The normalized spacial score (nSPS) is 20.2. The lowest BCUT2D eigenvalue weighted by atomic mass is 9.99. The molecule has 0 saturated carbocycles. The van der Waals surface area contributed by atoms with Gasteiger partial charge in [0.05, 0.1) is 12.5 Å². The Morgan fingerprint density at radius 2 is 2.17 bits per heavy atom. The first kappa shape index (κ1) is 13.5. The minimum absolute atomic E-state index is 0.207. The highest BCUT2D eigenvalue weighted by atomic mass is 35.5. The van der Waals surface area contributed by atoms with Gasteiger partial charge in [-0.1, -0.05) is 35.8 Å². The van der Waals surface area contributed by atoms with Gasteiger partial charge in [-0.2, -0.15) is 0 Å². The smallest absolute Gasteiger partial charge is 0.122 e. The zero-order chi connectivity index (χ0) is 13.0. The number of allylic oxidation sites excluding steroid dienone is 2. The van der Waals surface area contributed by atoms with E-state index in [0.717, 1.165) is 18.6 Å². The van der Waals surface area contributed by atoms with Crippen molar-refractivity contribution in [3.05, 3.63) is 41.0 Å². The van der Waals surface area contributed by atoms with E-state index in [1.54, 1.807) is 7.11 Å². The van der Waals surface area contributed by atoms with Crippen LogP contribution in [0.25, 0.3) is 0 Å². The lowest BCUT2D eigenvalue weighted by molar-refractivity contribution is 0.410. The van der Waals surface area contributed by atoms with Gasteiger partial charge in [0, 0.05) is 0 Å². The highest BCUT2D eigenvalue weighted by molar-refractivity contribution is 6.21. The van der Waals surface area contributed by atoms with E-state index >= 15 is 0 Å². The summed E-state index contributed by atoms with van der Waals surface area (Å²) in [4.78, 5) is 0. The van der Waals surface area contributed by atoms with Crippen molar-refractivity contribution in [2.45, 2.75) is 44.4 Å². The summed E-state index contributed by atoms with van der Waals surface area (Å²) in [5.41, 5.74) is 4.01. The molecule has 1 atom stereocenters. The van der Waals surface area contributed by atoms with Gasteiger partial charge in [-0.3, -0.25) is 0 Å². The molecule has 0 radical (unpaired) electrons. The van der Waals surface area contributed by atoms with Gasteiger partial charge >= 0.3 is 0 Å². The lowest BCUT2D eigenvalue weighted by Crippen LogP contribution is -1.97. The molecule has 2 rings (SSSR count). The molecule has 0 saturated heterocycles. The first-order valence-electron chi connectivity index (χ1n) is 6.66. The molecule has 0 spiro atoms. The van der Waals surface area contributed by atoms with Crippen LogP contribution in [0.1, 0.15) is 36.8 Å². The Kier molecular flexibility index (Phi) is 4.71. The predicted octanol–water partition coefficient (Wildman–Crippen LogP) is 4.65. The van der Waals surface area contributed by atoms with Crippen LogP contribution in [0.15, 0.2) is 29.8 Å². The fourth-order valence-electron chi connectivity index (χ4n) is 2.55. The SMILES string of the molecule is COc1ccc(C)cc1CC1=CC(Cl)CCCC1. The van der Waals surface area contributed by atoms with Crippen molar-refractivity contribution < 1.29 is 4.74 Å². The maximum absolute atomic E-state index is 6.28. The van der Waals surface area contributed by atoms with E-state index < -0.39 is 0 Å². The van der Waals surface area contributed by atoms with Crippen LogP contribution in [-0.2, 0) is 6.42 Å². The zero-order valence-electron chi connectivity index (χ0n) is 11.2. The summed E-state index contributed by atoms with van der Waals surface area (Å²) in [7, 11) is 1.74. The number of ether oxygens (including phenoxy) is 1. The molecule has 1 aliphatic carbocycles. The number of hydrogen-bond donors (Lipinski definition) is 0. The second-order valence-corrected chi connectivity index (χ2v) is 5.64. The van der Waals surface area contributed by atoms with Crippen molar-refractivity contribution >= 4 is 11.6 Å². The van der Waals surface area contributed by atoms with Gasteiger partial charge in [0.1, 0.15) is 5.75 Å². The van der Waals surface area contributed by atoms with Crippen LogP contribution in [0.4, 0.5) is 0 Å². The van der Waals surface area contributed by atoms with Gasteiger partial charge in [0.2, 0.25) is 0 Å². The van der Waals surface area contributed by atoms with E-state index in [0.29, 0.717) is 0 Å². The molecule has 2 heteroatoms. The quantitative estimate of drug-likeness (QED) is 0.570. The third kappa shape index (κ3) is 3.52. The second-order valence-electron chi connectivity index (χ2n) is 5.08. The summed E-state index contributed by atoms with van der Waals surface area (Å²) >= 11 is 6.28. The zero-order valence-corrected chi connectivity index (χ0v) is 12.0. The van der Waals surface area contributed by atoms with E-state index in [2.05, 4.69) is 31.2 Å². The number of benzene rings is 1. The fraction of sp³-hybridized carbons (Fsp3) is 0.500. The monoisotopic (exact) mass is 264 g/mol. The molecule has 0 amide bonds. The number of halogens is 1. The van der Waals surface area contributed by atoms with Gasteiger partial charge in [-0.25, -0.2) is 0 Å². The summed E-state index contributed by atoms with van der Waals surface area (Å²) in [5.74, 6) is 0.983. The first-order chi connectivity index (χ1) is 8.69. The van der Waals surface area contributed by atoms with E-state index in [9.17, 15) is 0 Å². The van der Waals surface area contributed by atoms with Gasteiger partial charge in [0.25, 0.3) is 0 Å². The average Bonchev–Trinajstić information content (AvgIpc) is 2.54. The van der Waals surface area contributed by atoms with Crippen molar-refractivity contribution in [3.8, 4) is 5.75 Å². The largest absolute Gasteiger partial charge is 0.496 e. The van der Waals surface area contributed by atoms with Crippen molar-refractivity contribution in [3.63, 3.8) is 0 Å². The van der Waals surface area contributed by atoms with E-state index in [4.69, 9.17) is 16.3 Å². The number of alkyl halides is 1. The highest BCUT2D eigenvalue weighted by Gasteiger charge is 2.12. The molecule has 1 aromatic carbocycles. The molecule has 0 aliphatic heterocycles. The van der Waals surface area contributed by atoms with Crippen LogP contribution in [0, 0.1) is 6.92 Å². The highest BCUT2D eigenvalue weighted by Crippen LogP contribution is 2.28. The minimum Gasteiger partial charge on any atom is -0.496 e. The maximum atomic E-state index is 6.28. The van der Waals surface area contributed by atoms with Crippen molar-refractivity contribution in [1.82, 2.24) is 0 Å². The summed E-state index contributed by atoms with van der Waals surface area (Å²) in [5, 5.41) is 0.207. The summed E-state index contributed by atoms with van der Waals surface area (Å²) < 4.78 is 5.44. The summed E-state index contributed by atoms with van der Waals surface area (Å²) in [6, 6.07) is 6.36. The van der Waals surface area contributed by atoms with E-state index in [1.807, 2.05) is 0 Å². The Morgan fingerprint density at radius 3 is 2.94 bits per heavy atom. The van der Waals surface area contributed by atoms with Gasteiger partial charge in [-0.15, -0.1) is 11.6 Å². The van der Waals surface area contributed by atoms with Crippen molar-refractivity contribution in [1.29, 1.82) is 0 Å².